The molecule has 2 fully saturated rings. The van der Waals surface area contributed by atoms with Crippen LogP contribution in [0.5, 0.6) is 11.6 Å². The fraction of sp³-hybridized carbons (Fsp3) is 0.393. The molecule has 7 heteroatoms. The van der Waals surface area contributed by atoms with Crippen molar-refractivity contribution in [3.8, 4) is 22.8 Å². The van der Waals surface area contributed by atoms with Crippen LogP contribution in [0.2, 0.25) is 5.02 Å². The van der Waals surface area contributed by atoms with Gasteiger partial charge < -0.3 is 14.6 Å². The molecule has 0 saturated heterocycles. The number of aliphatic hydroxyl groups is 1. The number of hydrogen-bond donors (Lipinski definition) is 1. The second-order valence-corrected chi connectivity index (χ2v) is 10.5. The first-order valence-corrected chi connectivity index (χ1v) is 12.5. The Balaban J connectivity index is 1.15. The van der Waals surface area contributed by atoms with E-state index in [0.29, 0.717) is 46.6 Å². The molecular formula is C28H26ClF2NO3. The smallest absolute Gasteiger partial charge is 0.213 e. The normalized spacial score (nSPS) is 23.9. The molecule has 1 heterocycles. The summed E-state index contributed by atoms with van der Waals surface area (Å²) in [5.41, 5.74) is 3.45. The summed E-state index contributed by atoms with van der Waals surface area (Å²) in [6, 6.07) is 9.32. The lowest BCUT2D eigenvalue weighted by molar-refractivity contribution is 0.0730. The molecule has 0 aliphatic heterocycles. The van der Waals surface area contributed by atoms with E-state index in [4.69, 9.17) is 26.2 Å². The van der Waals surface area contributed by atoms with E-state index in [1.54, 1.807) is 18.2 Å². The van der Waals surface area contributed by atoms with Gasteiger partial charge in [0.1, 0.15) is 24.0 Å². The Kier molecular flexibility index (Phi) is 5.89. The average molecular weight is 498 g/mol. The first-order valence-electron chi connectivity index (χ1n) is 12.1. The van der Waals surface area contributed by atoms with Gasteiger partial charge in [0.05, 0.1) is 11.6 Å². The first kappa shape index (κ1) is 22.7. The molecule has 0 bridgehead atoms. The number of fused-ring (bicyclic) bond motifs is 3. The first-order chi connectivity index (χ1) is 17.0. The number of rotatable bonds is 8. The zero-order chi connectivity index (χ0) is 24.1. The van der Waals surface area contributed by atoms with Crippen LogP contribution in [0.3, 0.4) is 0 Å². The topological polar surface area (TPSA) is 51.6 Å². The van der Waals surface area contributed by atoms with Gasteiger partial charge in [-0.1, -0.05) is 11.6 Å². The van der Waals surface area contributed by atoms with Crippen LogP contribution in [-0.2, 0) is 13.0 Å². The van der Waals surface area contributed by atoms with E-state index < -0.39 is 11.6 Å². The highest BCUT2D eigenvalue weighted by Gasteiger charge is 2.45. The van der Waals surface area contributed by atoms with Crippen molar-refractivity contribution in [3.05, 3.63) is 75.9 Å². The van der Waals surface area contributed by atoms with E-state index in [1.165, 1.54) is 23.6 Å². The number of nitrogens with zero attached hydrogens (tertiary/aromatic N) is 1. The molecular weight excluding hydrogens is 472 g/mol. The second kappa shape index (κ2) is 9.07. The number of benzene rings is 2. The summed E-state index contributed by atoms with van der Waals surface area (Å²) < 4.78 is 40.9. The number of hydrogen-bond acceptors (Lipinski definition) is 4. The molecule has 1 aromatic heterocycles. The van der Waals surface area contributed by atoms with Gasteiger partial charge in [-0.05, 0) is 84.7 Å². The molecule has 2 unspecified atom stereocenters. The molecule has 3 aromatic rings. The molecule has 0 amide bonds. The van der Waals surface area contributed by atoms with Crippen molar-refractivity contribution in [2.45, 2.75) is 38.2 Å². The van der Waals surface area contributed by atoms with Gasteiger partial charge in [-0.3, -0.25) is 0 Å². The summed E-state index contributed by atoms with van der Waals surface area (Å²) in [5, 5.41) is 9.46. The van der Waals surface area contributed by atoms with E-state index in [1.807, 2.05) is 12.3 Å². The van der Waals surface area contributed by atoms with Crippen molar-refractivity contribution >= 4 is 11.6 Å². The largest absolute Gasteiger partial charge is 0.493 e. The van der Waals surface area contributed by atoms with Gasteiger partial charge in [0.25, 0.3) is 0 Å². The van der Waals surface area contributed by atoms with E-state index in [0.717, 1.165) is 31.2 Å². The van der Waals surface area contributed by atoms with E-state index in [2.05, 4.69) is 4.98 Å². The number of aliphatic hydroxyl groups excluding tert-OH is 1. The van der Waals surface area contributed by atoms with Gasteiger partial charge in [0.15, 0.2) is 0 Å². The van der Waals surface area contributed by atoms with Gasteiger partial charge in [0.2, 0.25) is 5.88 Å². The molecule has 0 radical (unpaired) electrons. The summed E-state index contributed by atoms with van der Waals surface area (Å²) in [6.07, 6.45) is 6.08. The van der Waals surface area contributed by atoms with Crippen LogP contribution in [0, 0.1) is 29.4 Å². The van der Waals surface area contributed by atoms with Gasteiger partial charge in [-0.2, -0.15) is 0 Å². The van der Waals surface area contributed by atoms with Crippen LogP contribution in [0.4, 0.5) is 8.78 Å². The number of aromatic nitrogens is 1. The van der Waals surface area contributed by atoms with Crippen LogP contribution < -0.4 is 9.47 Å². The third-order valence-electron chi connectivity index (χ3n) is 7.62. The third kappa shape index (κ3) is 4.50. The molecule has 0 spiro atoms. The molecule has 2 aromatic carbocycles. The number of ether oxygens (including phenoxy) is 2. The Bertz CT molecular complexity index is 1280. The molecule has 2 atom stereocenters. The monoisotopic (exact) mass is 497 g/mol. The summed E-state index contributed by atoms with van der Waals surface area (Å²) in [4.78, 5) is 4.38. The fourth-order valence-corrected chi connectivity index (χ4v) is 5.72. The minimum Gasteiger partial charge on any atom is -0.493 e. The average Bonchev–Trinajstić information content (AvgIpc) is 3.49. The molecule has 35 heavy (non-hydrogen) atoms. The van der Waals surface area contributed by atoms with E-state index in [-0.39, 0.29) is 24.3 Å². The van der Waals surface area contributed by atoms with Crippen molar-refractivity contribution in [1.82, 2.24) is 4.98 Å². The maximum atomic E-state index is 14.7. The minimum atomic E-state index is -0.693. The third-order valence-corrected chi connectivity index (χ3v) is 7.94. The Morgan fingerprint density at radius 1 is 0.971 bits per heavy atom. The lowest BCUT2D eigenvalue weighted by Crippen LogP contribution is -2.30. The standard InChI is InChI=1S/C28H26ClF2NO3/c29-25-9-20(34-13-16-3-15(4-16)12-33)1-2-21(25)23-7-19(26(30)10-27(23)31)14-35-28-8-18-5-17-6-22(17)24(18)11-32-28/h1-2,7-11,15-17,22,33H,3-6,12-14H2. The van der Waals surface area contributed by atoms with Crippen LogP contribution in [0.15, 0.2) is 42.6 Å². The predicted molar refractivity (Wildman–Crippen MR) is 129 cm³/mol. The molecule has 1 N–H and O–H groups in total. The minimum absolute atomic E-state index is 0.0627. The van der Waals surface area contributed by atoms with Crippen molar-refractivity contribution in [2.75, 3.05) is 13.2 Å². The van der Waals surface area contributed by atoms with Crippen molar-refractivity contribution in [2.24, 2.45) is 17.8 Å². The van der Waals surface area contributed by atoms with Crippen molar-refractivity contribution < 1.29 is 23.4 Å². The highest BCUT2D eigenvalue weighted by molar-refractivity contribution is 6.33. The molecule has 4 nitrogen and oxygen atoms in total. The van der Waals surface area contributed by atoms with Gasteiger partial charge in [-0.15, -0.1) is 0 Å². The van der Waals surface area contributed by atoms with Gasteiger partial charge in [-0.25, -0.2) is 13.8 Å². The lowest BCUT2D eigenvalue weighted by Gasteiger charge is -2.33. The fourth-order valence-electron chi connectivity index (χ4n) is 5.45. The summed E-state index contributed by atoms with van der Waals surface area (Å²) in [5.74, 6) is 1.88. The molecule has 3 aliphatic rings. The number of halogens is 3. The quantitative estimate of drug-likeness (QED) is 0.396. The molecule has 2 saturated carbocycles. The SMILES string of the molecule is OCC1CC(COc2ccc(-c3cc(COc4cc5c(cn4)C4CC4C5)c(F)cc3F)c(Cl)c2)C1. The second-order valence-electron chi connectivity index (χ2n) is 10.1. The zero-order valence-electron chi connectivity index (χ0n) is 19.1. The Labute approximate surface area is 207 Å². The van der Waals surface area contributed by atoms with Crippen molar-refractivity contribution in [3.63, 3.8) is 0 Å². The maximum Gasteiger partial charge on any atom is 0.213 e. The van der Waals surface area contributed by atoms with Crippen LogP contribution in [0.25, 0.3) is 11.1 Å². The van der Waals surface area contributed by atoms with Gasteiger partial charge >= 0.3 is 0 Å². The van der Waals surface area contributed by atoms with E-state index in [9.17, 15) is 8.78 Å². The summed E-state index contributed by atoms with van der Waals surface area (Å²) in [6.45, 7) is 0.710. The number of pyridine rings is 1. The summed E-state index contributed by atoms with van der Waals surface area (Å²) >= 11 is 6.46. The predicted octanol–water partition coefficient (Wildman–Crippen LogP) is 6.32. The molecule has 6 rings (SSSR count). The van der Waals surface area contributed by atoms with Crippen LogP contribution in [0.1, 0.15) is 41.9 Å². The maximum absolute atomic E-state index is 14.7. The zero-order valence-corrected chi connectivity index (χ0v) is 19.9. The Hall–Kier alpha value is -2.70. The highest BCUT2D eigenvalue weighted by Crippen LogP contribution is 2.56. The molecule has 182 valence electrons. The van der Waals surface area contributed by atoms with Gasteiger partial charge in [0, 0.05) is 41.6 Å². The lowest BCUT2D eigenvalue weighted by atomic mass is 9.76. The highest BCUT2D eigenvalue weighted by atomic mass is 35.5. The van der Waals surface area contributed by atoms with Crippen LogP contribution in [-0.4, -0.2) is 23.3 Å². The van der Waals surface area contributed by atoms with Crippen molar-refractivity contribution in [1.29, 1.82) is 0 Å². The Morgan fingerprint density at radius 2 is 1.83 bits per heavy atom. The molecule has 3 aliphatic carbocycles. The Morgan fingerprint density at radius 3 is 2.63 bits per heavy atom. The van der Waals surface area contributed by atoms with E-state index >= 15 is 0 Å². The summed E-state index contributed by atoms with van der Waals surface area (Å²) in [7, 11) is 0. The van der Waals surface area contributed by atoms with Crippen LogP contribution >= 0.6 is 11.6 Å².